The molecule has 2 aromatic rings. The maximum Gasteiger partial charge on any atom is 0.273 e. The predicted octanol–water partition coefficient (Wildman–Crippen LogP) is 2.17. The molecule has 0 radical (unpaired) electrons. The Morgan fingerprint density at radius 2 is 2.32 bits per heavy atom. The van der Waals surface area contributed by atoms with Gasteiger partial charge in [-0.1, -0.05) is 6.07 Å². The SMILES string of the molecule is O=[N+]([O-])c1cccc(OCc2nc(C3CC3)n[nH]2)c1. The fraction of sp³-hybridized carbons (Fsp3) is 0.333. The Balaban J connectivity index is 1.64. The molecule has 1 N–H and O–H groups in total. The lowest BCUT2D eigenvalue weighted by Crippen LogP contribution is -1.98. The lowest BCUT2D eigenvalue weighted by molar-refractivity contribution is -0.384. The number of nitro benzene ring substituents is 1. The molecule has 0 bridgehead atoms. The third-order valence-electron chi connectivity index (χ3n) is 2.90. The van der Waals surface area contributed by atoms with Crippen molar-refractivity contribution in [3.63, 3.8) is 0 Å². The van der Waals surface area contributed by atoms with Gasteiger partial charge in [-0.3, -0.25) is 15.2 Å². The summed E-state index contributed by atoms with van der Waals surface area (Å²) in [5, 5.41) is 17.6. The molecule has 0 unspecified atom stereocenters. The monoisotopic (exact) mass is 260 g/mol. The largest absolute Gasteiger partial charge is 0.485 e. The van der Waals surface area contributed by atoms with Crippen LogP contribution >= 0.6 is 0 Å². The van der Waals surface area contributed by atoms with Crippen molar-refractivity contribution in [2.24, 2.45) is 0 Å². The molecular formula is C12H12N4O3. The summed E-state index contributed by atoms with van der Waals surface area (Å²) in [7, 11) is 0. The first kappa shape index (κ1) is 11.6. The zero-order chi connectivity index (χ0) is 13.2. The van der Waals surface area contributed by atoms with Gasteiger partial charge >= 0.3 is 0 Å². The van der Waals surface area contributed by atoms with Crippen LogP contribution in [0.2, 0.25) is 0 Å². The second-order valence-electron chi connectivity index (χ2n) is 4.46. The second-order valence-corrected chi connectivity index (χ2v) is 4.46. The van der Waals surface area contributed by atoms with Gasteiger partial charge in [0.15, 0.2) is 11.6 Å². The number of ether oxygens (including phenoxy) is 1. The molecule has 7 nitrogen and oxygen atoms in total. The van der Waals surface area contributed by atoms with E-state index in [1.54, 1.807) is 12.1 Å². The van der Waals surface area contributed by atoms with Crippen LogP contribution in [0.1, 0.15) is 30.4 Å². The lowest BCUT2D eigenvalue weighted by atomic mass is 10.3. The number of rotatable bonds is 5. The Labute approximate surface area is 108 Å². The number of nitrogens with zero attached hydrogens (tertiary/aromatic N) is 3. The molecule has 1 saturated carbocycles. The van der Waals surface area contributed by atoms with Crippen LogP contribution in [0, 0.1) is 10.1 Å². The molecule has 1 aromatic heterocycles. The van der Waals surface area contributed by atoms with Crippen molar-refractivity contribution in [1.82, 2.24) is 15.2 Å². The third kappa shape index (κ3) is 2.70. The van der Waals surface area contributed by atoms with Crippen molar-refractivity contribution in [2.45, 2.75) is 25.4 Å². The summed E-state index contributed by atoms with van der Waals surface area (Å²) >= 11 is 0. The van der Waals surface area contributed by atoms with Gasteiger partial charge in [0.25, 0.3) is 5.69 Å². The van der Waals surface area contributed by atoms with Crippen LogP contribution in [-0.2, 0) is 6.61 Å². The van der Waals surface area contributed by atoms with Crippen molar-refractivity contribution in [1.29, 1.82) is 0 Å². The van der Waals surface area contributed by atoms with E-state index in [0.717, 1.165) is 18.7 Å². The number of hydrogen-bond acceptors (Lipinski definition) is 5. The summed E-state index contributed by atoms with van der Waals surface area (Å²) < 4.78 is 5.46. The van der Waals surface area contributed by atoms with E-state index < -0.39 is 4.92 Å². The number of aromatic amines is 1. The minimum absolute atomic E-state index is 0.00809. The molecule has 0 aliphatic heterocycles. The van der Waals surface area contributed by atoms with Gasteiger partial charge in [-0.15, -0.1) is 0 Å². The predicted molar refractivity (Wildman–Crippen MR) is 65.8 cm³/mol. The fourth-order valence-corrected chi connectivity index (χ4v) is 1.74. The number of benzene rings is 1. The average molecular weight is 260 g/mol. The second kappa shape index (κ2) is 4.68. The number of H-pyrrole nitrogens is 1. The van der Waals surface area contributed by atoms with Crippen LogP contribution in [0.4, 0.5) is 5.69 Å². The van der Waals surface area contributed by atoms with Crippen molar-refractivity contribution >= 4 is 5.69 Å². The van der Waals surface area contributed by atoms with E-state index in [1.807, 2.05) is 0 Å². The van der Waals surface area contributed by atoms with Gasteiger partial charge in [0, 0.05) is 12.0 Å². The summed E-state index contributed by atoms with van der Waals surface area (Å²) in [5.74, 6) is 2.40. The molecule has 19 heavy (non-hydrogen) atoms. The molecule has 7 heteroatoms. The number of non-ortho nitro benzene ring substituents is 1. The number of nitrogens with one attached hydrogen (secondary N) is 1. The smallest absolute Gasteiger partial charge is 0.273 e. The van der Waals surface area contributed by atoms with Crippen LogP contribution < -0.4 is 4.74 Å². The van der Waals surface area contributed by atoms with E-state index in [0.29, 0.717) is 17.5 Å². The summed E-state index contributed by atoms with van der Waals surface area (Å²) in [5.41, 5.74) is 0.00809. The number of nitro groups is 1. The normalized spacial score (nSPS) is 14.3. The Kier molecular flexibility index (Phi) is 2.86. The van der Waals surface area contributed by atoms with E-state index in [1.165, 1.54) is 12.1 Å². The maximum atomic E-state index is 10.6. The number of aromatic nitrogens is 3. The molecule has 0 saturated heterocycles. The summed E-state index contributed by atoms with van der Waals surface area (Å²) in [6.45, 7) is 0.223. The highest BCUT2D eigenvalue weighted by atomic mass is 16.6. The maximum absolute atomic E-state index is 10.6. The van der Waals surface area contributed by atoms with Crippen LogP contribution in [0.5, 0.6) is 5.75 Å². The standard InChI is InChI=1S/C12H12N4O3/c17-16(18)9-2-1-3-10(6-9)19-7-11-13-12(15-14-11)8-4-5-8/h1-3,6,8H,4-5,7H2,(H,13,14,15). The fourth-order valence-electron chi connectivity index (χ4n) is 1.74. The van der Waals surface area contributed by atoms with E-state index in [4.69, 9.17) is 4.74 Å². The van der Waals surface area contributed by atoms with Crippen molar-refractivity contribution in [3.05, 3.63) is 46.0 Å². The van der Waals surface area contributed by atoms with Crippen LogP contribution in [0.3, 0.4) is 0 Å². The van der Waals surface area contributed by atoms with E-state index in [9.17, 15) is 10.1 Å². The molecule has 1 aromatic carbocycles. The molecule has 1 heterocycles. The highest BCUT2D eigenvalue weighted by Crippen LogP contribution is 2.37. The highest BCUT2D eigenvalue weighted by molar-refractivity contribution is 5.37. The average Bonchev–Trinajstić information content (AvgIpc) is 3.16. The van der Waals surface area contributed by atoms with Crippen LogP contribution in [0.25, 0.3) is 0 Å². The molecule has 1 aliphatic carbocycles. The highest BCUT2D eigenvalue weighted by Gasteiger charge is 2.27. The molecule has 1 aliphatic rings. The third-order valence-corrected chi connectivity index (χ3v) is 2.90. The topological polar surface area (TPSA) is 93.9 Å². The molecule has 0 spiro atoms. The van der Waals surface area contributed by atoms with Gasteiger partial charge in [-0.05, 0) is 18.9 Å². The Bertz CT molecular complexity index is 607. The summed E-state index contributed by atoms with van der Waals surface area (Å²) in [6.07, 6.45) is 2.28. The minimum Gasteiger partial charge on any atom is -0.485 e. The van der Waals surface area contributed by atoms with Gasteiger partial charge in [0.05, 0.1) is 11.0 Å². The van der Waals surface area contributed by atoms with E-state index >= 15 is 0 Å². The molecule has 98 valence electrons. The van der Waals surface area contributed by atoms with Gasteiger partial charge in [-0.2, -0.15) is 5.10 Å². The van der Waals surface area contributed by atoms with Crippen molar-refractivity contribution < 1.29 is 9.66 Å². The van der Waals surface area contributed by atoms with Gasteiger partial charge in [0.2, 0.25) is 0 Å². The van der Waals surface area contributed by atoms with Crippen LogP contribution in [-0.4, -0.2) is 20.1 Å². The number of hydrogen-bond donors (Lipinski definition) is 1. The first-order valence-corrected chi connectivity index (χ1v) is 6.01. The lowest BCUT2D eigenvalue weighted by Gasteiger charge is -2.02. The van der Waals surface area contributed by atoms with Crippen molar-refractivity contribution in [3.8, 4) is 5.75 Å². The quantitative estimate of drug-likeness (QED) is 0.656. The van der Waals surface area contributed by atoms with E-state index in [2.05, 4.69) is 15.2 Å². The van der Waals surface area contributed by atoms with Crippen molar-refractivity contribution in [2.75, 3.05) is 0 Å². The summed E-state index contributed by atoms with van der Waals surface area (Å²) in [4.78, 5) is 14.5. The van der Waals surface area contributed by atoms with Gasteiger partial charge < -0.3 is 4.74 Å². The molecular weight excluding hydrogens is 248 g/mol. The Morgan fingerprint density at radius 1 is 1.47 bits per heavy atom. The van der Waals surface area contributed by atoms with E-state index in [-0.39, 0.29) is 12.3 Å². The molecule has 0 amide bonds. The van der Waals surface area contributed by atoms with Gasteiger partial charge in [-0.25, -0.2) is 4.98 Å². The Hall–Kier alpha value is -2.44. The zero-order valence-corrected chi connectivity index (χ0v) is 10.1. The van der Waals surface area contributed by atoms with Crippen LogP contribution in [0.15, 0.2) is 24.3 Å². The van der Waals surface area contributed by atoms with Gasteiger partial charge in [0.1, 0.15) is 12.4 Å². The first-order valence-electron chi connectivity index (χ1n) is 6.01. The first-order chi connectivity index (χ1) is 9.22. The summed E-state index contributed by atoms with van der Waals surface area (Å²) in [6, 6.07) is 6.07. The molecule has 0 atom stereocenters. The molecule has 1 fully saturated rings. The Morgan fingerprint density at radius 3 is 3.05 bits per heavy atom. The zero-order valence-electron chi connectivity index (χ0n) is 10.1. The minimum atomic E-state index is -0.452. The molecule has 3 rings (SSSR count).